The van der Waals surface area contributed by atoms with Gasteiger partial charge in [0, 0.05) is 26.1 Å². The Kier molecular flexibility index (Phi) is 3.05. The van der Waals surface area contributed by atoms with Gasteiger partial charge in [0.05, 0.1) is 0 Å². The lowest BCUT2D eigenvalue weighted by atomic mass is 9.85. The van der Waals surface area contributed by atoms with E-state index in [1.54, 1.807) is 19.0 Å². The number of hydrogen-bond acceptors (Lipinski definition) is 1. The zero-order valence-corrected chi connectivity index (χ0v) is 11.9. The minimum Gasteiger partial charge on any atom is -0.345 e. The van der Waals surface area contributed by atoms with Crippen molar-refractivity contribution in [1.82, 2.24) is 4.90 Å². The van der Waals surface area contributed by atoms with Crippen LogP contribution in [0.3, 0.4) is 0 Å². The number of likely N-dealkylation sites (N-methyl/N-ethyl adjacent to an activating group) is 1. The van der Waals surface area contributed by atoms with Crippen LogP contribution < -0.4 is 0 Å². The molecule has 2 nitrogen and oxygen atoms in total. The fourth-order valence-corrected chi connectivity index (χ4v) is 2.23. The van der Waals surface area contributed by atoms with Crippen LogP contribution in [0.2, 0.25) is 0 Å². The van der Waals surface area contributed by atoms with Crippen LogP contribution in [0, 0.1) is 0 Å². The van der Waals surface area contributed by atoms with Gasteiger partial charge in [-0.3, -0.25) is 4.79 Å². The normalized spacial score (nSPS) is 14.2. The summed E-state index contributed by atoms with van der Waals surface area (Å²) in [5, 5.41) is 0. The summed E-state index contributed by atoms with van der Waals surface area (Å²) >= 11 is 0. The molecule has 0 heterocycles. The van der Waals surface area contributed by atoms with Crippen LogP contribution >= 0.6 is 0 Å². The van der Waals surface area contributed by atoms with Crippen molar-refractivity contribution in [2.24, 2.45) is 0 Å². The lowest BCUT2D eigenvalue weighted by Crippen LogP contribution is -2.23. The summed E-state index contributed by atoms with van der Waals surface area (Å²) in [6, 6.07) is 6.55. The van der Waals surface area contributed by atoms with E-state index in [-0.39, 0.29) is 11.3 Å². The average Bonchev–Trinajstić information content (AvgIpc) is 2.68. The maximum absolute atomic E-state index is 12.0. The number of amides is 1. The van der Waals surface area contributed by atoms with Crippen molar-refractivity contribution < 1.29 is 4.79 Å². The number of hydrogen-bond donors (Lipinski definition) is 0. The predicted molar refractivity (Wildman–Crippen MR) is 75.5 cm³/mol. The fourth-order valence-electron chi connectivity index (χ4n) is 2.23. The van der Waals surface area contributed by atoms with Crippen LogP contribution in [-0.4, -0.2) is 24.9 Å². The molecule has 1 aliphatic carbocycles. The van der Waals surface area contributed by atoms with Gasteiger partial charge in [-0.2, -0.15) is 0 Å². The molecule has 1 aromatic carbocycles. The van der Waals surface area contributed by atoms with Crippen LogP contribution in [0.25, 0.3) is 6.08 Å². The summed E-state index contributed by atoms with van der Waals surface area (Å²) < 4.78 is 0. The maximum Gasteiger partial charge on any atom is 0.249 e. The molecule has 0 bridgehead atoms. The molecular formula is C16H21NO. The van der Waals surface area contributed by atoms with E-state index in [2.05, 4.69) is 39.0 Å². The van der Waals surface area contributed by atoms with Gasteiger partial charge in [-0.25, -0.2) is 0 Å². The molecule has 0 saturated carbocycles. The first kappa shape index (κ1) is 12.9. The van der Waals surface area contributed by atoms with Gasteiger partial charge in [0.25, 0.3) is 0 Å². The molecule has 0 N–H and O–H groups in total. The minimum atomic E-state index is 0.114. The lowest BCUT2D eigenvalue weighted by molar-refractivity contribution is -0.124. The van der Waals surface area contributed by atoms with Crippen LogP contribution in [-0.2, 0) is 16.6 Å². The smallest absolute Gasteiger partial charge is 0.249 e. The van der Waals surface area contributed by atoms with Crippen molar-refractivity contribution in [3.63, 3.8) is 0 Å². The first-order chi connectivity index (χ1) is 8.29. The second kappa shape index (κ2) is 4.27. The number of carbonyl (C=O) groups excluding carboxylic acids is 1. The highest BCUT2D eigenvalue weighted by molar-refractivity contribution is 6.00. The molecule has 1 aliphatic rings. The van der Waals surface area contributed by atoms with Crippen molar-refractivity contribution in [1.29, 1.82) is 0 Å². The molecule has 0 radical (unpaired) electrons. The van der Waals surface area contributed by atoms with Gasteiger partial charge < -0.3 is 4.90 Å². The Labute approximate surface area is 109 Å². The van der Waals surface area contributed by atoms with E-state index in [4.69, 9.17) is 0 Å². The van der Waals surface area contributed by atoms with Crippen LogP contribution in [0.5, 0.6) is 0 Å². The summed E-state index contributed by atoms with van der Waals surface area (Å²) in [4.78, 5) is 13.6. The minimum absolute atomic E-state index is 0.114. The molecular weight excluding hydrogens is 222 g/mol. The van der Waals surface area contributed by atoms with Crippen molar-refractivity contribution in [3.8, 4) is 0 Å². The Morgan fingerprint density at radius 1 is 1.22 bits per heavy atom. The highest BCUT2D eigenvalue weighted by Crippen LogP contribution is 2.31. The van der Waals surface area contributed by atoms with Crippen molar-refractivity contribution in [2.45, 2.75) is 32.6 Å². The highest BCUT2D eigenvalue weighted by Gasteiger charge is 2.22. The van der Waals surface area contributed by atoms with Gasteiger partial charge in [0.2, 0.25) is 5.91 Å². The zero-order valence-electron chi connectivity index (χ0n) is 11.9. The van der Waals surface area contributed by atoms with Crippen LogP contribution in [0.15, 0.2) is 23.8 Å². The van der Waals surface area contributed by atoms with Crippen molar-refractivity contribution in [2.75, 3.05) is 14.1 Å². The number of benzene rings is 1. The van der Waals surface area contributed by atoms with E-state index in [0.717, 1.165) is 12.0 Å². The van der Waals surface area contributed by atoms with E-state index in [9.17, 15) is 4.79 Å². The summed E-state index contributed by atoms with van der Waals surface area (Å²) in [6.07, 6.45) is 2.80. The Bertz CT molecular complexity index is 518. The first-order valence-electron chi connectivity index (χ1n) is 6.34. The molecule has 0 saturated heterocycles. The molecule has 0 aliphatic heterocycles. The molecule has 0 aromatic heterocycles. The highest BCUT2D eigenvalue weighted by atomic mass is 16.2. The summed E-state index contributed by atoms with van der Waals surface area (Å²) in [7, 11) is 3.60. The van der Waals surface area contributed by atoms with E-state index in [0.29, 0.717) is 0 Å². The monoisotopic (exact) mass is 243 g/mol. The third kappa shape index (κ3) is 2.33. The first-order valence-corrected chi connectivity index (χ1v) is 6.34. The Morgan fingerprint density at radius 2 is 1.89 bits per heavy atom. The molecule has 0 fully saturated rings. The summed E-state index contributed by atoms with van der Waals surface area (Å²) in [5.74, 6) is 0.114. The van der Waals surface area contributed by atoms with Gasteiger partial charge in [0.1, 0.15) is 0 Å². The number of nitrogens with zero attached hydrogens (tertiary/aromatic N) is 1. The second-order valence-corrected chi connectivity index (χ2v) is 6.21. The third-order valence-electron chi connectivity index (χ3n) is 3.40. The maximum atomic E-state index is 12.0. The zero-order chi connectivity index (χ0) is 13.5. The topological polar surface area (TPSA) is 20.3 Å². The molecule has 2 heteroatoms. The molecule has 18 heavy (non-hydrogen) atoms. The fraction of sp³-hybridized carbons (Fsp3) is 0.438. The van der Waals surface area contributed by atoms with Gasteiger partial charge in [0.15, 0.2) is 0 Å². The largest absolute Gasteiger partial charge is 0.345 e. The van der Waals surface area contributed by atoms with Gasteiger partial charge in [-0.1, -0.05) is 39.0 Å². The predicted octanol–water partition coefficient (Wildman–Crippen LogP) is 3.01. The molecule has 0 atom stereocenters. The Morgan fingerprint density at radius 3 is 2.44 bits per heavy atom. The molecule has 0 unspecified atom stereocenters. The number of carbonyl (C=O) groups is 1. The molecule has 96 valence electrons. The Balaban J connectivity index is 2.34. The number of rotatable bonds is 1. The standard InChI is InChI=1S/C16H21NO/c1-16(2,3)14-7-6-11-8-13(9-12(11)10-14)15(18)17(4)5/h6-7,9-10H,8H2,1-5H3. The van der Waals surface area contributed by atoms with Crippen LogP contribution in [0.1, 0.15) is 37.5 Å². The SMILES string of the molecule is CN(C)C(=O)C1=Cc2cc(C(C)(C)C)ccc2C1. The molecule has 2 rings (SSSR count). The van der Waals surface area contributed by atoms with E-state index in [1.807, 2.05) is 6.08 Å². The molecule has 1 aromatic rings. The van der Waals surface area contributed by atoms with E-state index < -0.39 is 0 Å². The summed E-state index contributed by atoms with van der Waals surface area (Å²) in [5.41, 5.74) is 4.81. The van der Waals surface area contributed by atoms with Gasteiger partial charge >= 0.3 is 0 Å². The van der Waals surface area contributed by atoms with Gasteiger partial charge in [-0.05, 0) is 28.2 Å². The summed E-state index contributed by atoms with van der Waals surface area (Å²) in [6.45, 7) is 6.62. The number of fused-ring (bicyclic) bond motifs is 1. The quantitative estimate of drug-likeness (QED) is 0.742. The average molecular weight is 243 g/mol. The van der Waals surface area contributed by atoms with Crippen molar-refractivity contribution in [3.05, 3.63) is 40.5 Å². The van der Waals surface area contributed by atoms with Crippen LogP contribution in [0.4, 0.5) is 0 Å². The molecule has 1 amide bonds. The third-order valence-corrected chi connectivity index (χ3v) is 3.40. The van der Waals surface area contributed by atoms with E-state index in [1.165, 1.54) is 16.7 Å². The second-order valence-electron chi connectivity index (χ2n) is 6.21. The Hall–Kier alpha value is -1.57. The molecule has 0 spiro atoms. The lowest BCUT2D eigenvalue weighted by Gasteiger charge is -2.19. The van der Waals surface area contributed by atoms with Gasteiger partial charge in [-0.15, -0.1) is 0 Å². The van der Waals surface area contributed by atoms with Crippen molar-refractivity contribution >= 4 is 12.0 Å². The van der Waals surface area contributed by atoms with E-state index >= 15 is 0 Å².